The number of carboxylic acid groups (broad SMARTS) is 1. The van der Waals surface area contributed by atoms with E-state index in [1.807, 2.05) is 20.8 Å². The third kappa shape index (κ3) is 6.99. The molecule has 0 aliphatic rings. The lowest BCUT2D eigenvalue weighted by molar-refractivity contribution is -0.137. The third-order valence-corrected chi connectivity index (χ3v) is 8.69. The van der Waals surface area contributed by atoms with Crippen molar-refractivity contribution >= 4 is 39.0 Å². The van der Waals surface area contributed by atoms with E-state index in [0.29, 0.717) is 41.6 Å². The summed E-state index contributed by atoms with van der Waals surface area (Å²) in [6.45, 7) is 6.51. The van der Waals surface area contributed by atoms with Gasteiger partial charge in [0.05, 0.1) is 31.9 Å². The number of carboxylic acids is 1. The molecular weight excluding hydrogens is 553 g/mol. The van der Waals surface area contributed by atoms with Crippen LogP contribution in [0.4, 0.5) is 16.0 Å². The molecule has 0 fully saturated rings. The predicted molar refractivity (Wildman–Crippen MR) is 154 cm³/mol. The maximum atomic E-state index is 15.9. The maximum Gasteiger partial charge on any atom is 0.303 e. The second-order valence-corrected chi connectivity index (χ2v) is 12.8. The van der Waals surface area contributed by atoms with Crippen molar-refractivity contribution in [1.82, 2.24) is 15.0 Å². The largest absolute Gasteiger partial charge is 0.481 e. The predicted octanol–water partition coefficient (Wildman–Crippen LogP) is 6.17. The molecule has 0 saturated heterocycles. The molecule has 0 amide bonds. The van der Waals surface area contributed by atoms with E-state index in [2.05, 4.69) is 20.0 Å². The number of rotatable bonds is 11. The van der Waals surface area contributed by atoms with Crippen molar-refractivity contribution in [3.8, 4) is 21.8 Å². The maximum absolute atomic E-state index is 15.9. The van der Waals surface area contributed by atoms with Crippen LogP contribution in [-0.4, -0.2) is 41.0 Å². The smallest absolute Gasteiger partial charge is 0.303 e. The van der Waals surface area contributed by atoms with Gasteiger partial charge in [-0.25, -0.2) is 27.8 Å². The molecule has 0 bridgehead atoms. The van der Waals surface area contributed by atoms with E-state index in [1.165, 1.54) is 29.5 Å². The number of halogens is 1. The third-order valence-electron chi connectivity index (χ3n) is 5.81. The molecule has 4 rings (SSSR count). The van der Waals surface area contributed by atoms with Crippen molar-refractivity contribution < 1.29 is 22.7 Å². The minimum atomic E-state index is -4.01. The highest BCUT2D eigenvalue weighted by Crippen LogP contribution is 2.42. The number of carbonyl (C=O) groups is 1. The highest BCUT2D eigenvalue weighted by atomic mass is 32.2. The zero-order valence-corrected chi connectivity index (χ0v) is 23.9. The molecule has 4 aromatic rings. The van der Waals surface area contributed by atoms with Gasteiger partial charge in [0.15, 0.2) is 5.82 Å². The summed E-state index contributed by atoms with van der Waals surface area (Å²) in [7, 11) is -4.01. The van der Waals surface area contributed by atoms with Gasteiger partial charge in [-0.1, -0.05) is 45.0 Å². The van der Waals surface area contributed by atoms with Crippen LogP contribution in [-0.2, 0) is 20.2 Å². The number of aliphatic carboxylic acids is 1. The first-order valence-corrected chi connectivity index (χ1v) is 14.9. The normalized spacial score (nSPS) is 11.8. The van der Waals surface area contributed by atoms with Crippen molar-refractivity contribution in [2.24, 2.45) is 0 Å². The SMILES string of the molecule is CC(C)(C)c1nc(-c2cccc(NS(=O)(=O)c3ccccc3)c2F)c(-c2ccnc(NCCCCC(=O)O)n2)s1. The van der Waals surface area contributed by atoms with E-state index in [1.54, 1.807) is 42.6 Å². The monoisotopic (exact) mass is 583 g/mol. The minimum Gasteiger partial charge on any atom is -0.481 e. The Morgan fingerprint density at radius 2 is 1.77 bits per heavy atom. The van der Waals surface area contributed by atoms with Crippen LogP contribution in [0.1, 0.15) is 45.0 Å². The Kier molecular flexibility index (Phi) is 8.79. The van der Waals surface area contributed by atoms with Gasteiger partial charge in [0.25, 0.3) is 10.0 Å². The van der Waals surface area contributed by atoms with Crippen LogP contribution < -0.4 is 10.0 Å². The molecular formula is C28H30FN5O4S2. The second-order valence-electron chi connectivity index (χ2n) is 10.1. The number of unbranched alkanes of at least 4 members (excludes halogenated alkanes) is 1. The van der Waals surface area contributed by atoms with Gasteiger partial charge in [-0.15, -0.1) is 11.3 Å². The Hall–Kier alpha value is -3.90. The van der Waals surface area contributed by atoms with Crippen LogP contribution in [0.25, 0.3) is 21.8 Å². The van der Waals surface area contributed by atoms with Gasteiger partial charge in [0.1, 0.15) is 0 Å². The molecule has 2 aromatic carbocycles. The van der Waals surface area contributed by atoms with Gasteiger partial charge >= 0.3 is 5.97 Å². The summed E-state index contributed by atoms with van der Waals surface area (Å²) in [5.41, 5.74) is 0.486. The van der Waals surface area contributed by atoms with Gasteiger partial charge in [-0.3, -0.25) is 9.52 Å². The van der Waals surface area contributed by atoms with Crippen molar-refractivity contribution in [3.05, 3.63) is 71.6 Å². The Morgan fingerprint density at radius 1 is 1.02 bits per heavy atom. The van der Waals surface area contributed by atoms with E-state index in [0.717, 1.165) is 5.01 Å². The number of anilines is 2. The number of hydrogen-bond acceptors (Lipinski definition) is 8. The lowest BCUT2D eigenvalue weighted by Gasteiger charge is -2.13. The van der Waals surface area contributed by atoms with Crippen molar-refractivity contribution in [3.63, 3.8) is 0 Å². The molecule has 0 unspecified atom stereocenters. The van der Waals surface area contributed by atoms with Crippen LogP contribution >= 0.6 is 11.3 Å². The topological polar surface area (TPSA) is 134 Å². The van der Waals surface area contributed by atoms with Gasteiger partial charge in [-0.05, 0) is 43.2 Å². The minimum absolute atomic E-state index is 0.0214. The molecule has 0 atom stereocenters. The molecule has 0 spiro atoms. The quantitative estimate of drug-likeness (QED) is 0.179. The number of nitrogens with one attached hydrogen (secondary N) is 2. The molecule has 210 valence electrons. The van der Waals surface area contributed by atoms with E-state index in [9.17, 15) is 13.2 Å². The lowest BCUT2D eigenvalue weighted by Crippen LogP contribution is -2.14. The summed E-state index contributed by atoms with van der Waals surface area (Å²) >= 11 is 1.38. The number of hydrogen-bond donors (Lipinski definition) is 3. The van der Waals surface area contributed by atoms with E-state index in [4.69, 9.17) is 10.1 Å². The molecule has 0 saturated carbocycles. The van der Waals surface area contributed by atoms with Crippen molar-refractivity contribution in [2.45, 2.75) is 50.3 Å². The fourth-order valence-corrected chi connectivity index (χ4v) is 5.95. The van der Waals surface area contributed by atoms with E-state index >= 15 is 4.39 Å². The van der Waals surface area contributed by atoms with Gasteiger partial charge in [0, 0.05) is 30.1 Å². The molecule has 0 aliphatic heterocycles. The first-order valence-electron chi connectivity index (χ1n) is 12.6. The Bertz CT molecular complexity index is 1600. The zero-order valence-electron chi connectivity index (χ0n) is 22.3. The molecule has 3 N–H and O–H groups in total. The molecule has 0 aliphatic carbocycles. The molecule has 0 radical (unpaired) electrons. The zero-order chi connectivity index (χ0) is 28.9. The second kappa shape index (κ2) is 12.1. The summed E-state index contributed by atoms with van der Waals surface area (Å²) in [5, 5.41) is 12.7. The molecule has 9 nitrogen and oxygen atoms in total. The molecule has 2 heterocycles. The summed E-state index contributed by atoms with van der Waals surface area (Å²) in [6, 6.07) is 14.0. The molecule has 2 aromatic heterocycles. The Labute approximate surface area is 236 Å². The lowest BCUT2D eigenvalue weighted by atomic mass is 9.98. The average Bonchev–Trinajstić information content (AvgIpc) is 3.36. The summed E-state index contributed by atoms with van der Waals surface area (Å²) in [5.74, 6) is -1.23. The first kappa shape index (κ1) is 29.1. The van der Waals surface area contributed by atoms with Gasteiger partial charge in [-0.2, -0.15) is 0 Å². The van der Waals surface area contributed by atoms with Crippen LogP contribution in [0.3, 0.4) is 0 Å². The Morgan fingerprint density at radius 3 is 2.48 bits per heavy atom. The van der Waals surface area contributed by atoms with Crippen LogP contribution in [0, 0.1) is 5.82 Å². The fourth-order valence-electron chi connectivity index (χ4n) is 3.77. The van der Waals surface area contributed by atoms with Gasteiger partial charge in [0.2, 0.25) is 5.95 Å². The van der Waals surface area contributed by atoms with Crippen molar-refractivity contribution in [1.29, 1.82) is 0 Å². The number of thiazole rings is 1. The van der Waals surface area contributed by atoms with Crippen LogP contribution in [0.15, 0.2) is 65.7 Å². The van der Waals surface area contributed by atoms with Crippen molar-refractivity contribution in [2.75, 3.05) is 16.6 Å². The average molecular weight is 584 g/mol. The first-order chi connectivity index (χ1) is 19.0. The number of nitrogens with zero attached hydrogens (tertiary/aromatic N) is 3. The summed E-state index contributed by atoms with van der Waals surface area (Å²) in [4.78, 5) is 25.0. The standard InChI is InChI=1S/C28H30FN5O4S2/c1-28(2,3)26-33-24(25(39-26)21-15-17-31-27(32-21)30-16-8-7-14-22(35)36)19-12-9-13-20(23(19)29)34-40(37,38)18-10-5-4-6-11-18/h4-6,9-13,15,17,34H,7-8,14,16H2,1-3H3,(H,35,36)(H,30,31,32). The highest BCUT2D eigenvalue weighted by Gasteiger charge is 2.27. The Balaban J connectivity index is 1.69. The molecule has 12 heteroatoms. The summed E-state index contributed by atoms with van der Waals surface area (Å²) in [6.07, 6.45) is 2.84. The highest BCUT2D eigenvalue weighted by molar-refractivity contribution is 7.92. The number of aromatic nitrogens is 3. The van der Waals surface area contributed by atoms with Crippen LogP contribution in [0.5, 0.6) is 0 Å². The van der Waals surface area contributed by atoms with E-state index in [-0.39, 0.29) is 28.0 Å². The summed E-state index contributed by atoms with van der Waals surface area (Å²) < 4.78 is 44.0. The number of benzene rings is 2. The van der Waals surface area contributed by atoms with Gasteiger partial charge < -0.3 is 10.4 Å². The molecule has 40 heavy (non-hydrogen) atoms. The number of sulfonamides is 1. The van der Waals surface area contributed by atoms with Crippen LogP contribution in [0.2, 0.25) is 0 Å². The fraction of sp³-hybridized carbons (Fsp3) is 0.286. The van der Waals surface area contributed by atoms with E-state index < -0.39 is 21.8 Å².